The van der Waals surface area contributed by atoms with E-state index in [4.69, 9.17) is 0 Å². The van der Waals surface area contributed by atoms with Gasteiger partial charge in [-0.1, -0.05) is 23.8 Å². The zero-order valence-electron chi connectivity index (χ0n) is 14.5. The van der Waals surface area contributed by atoms with Gasteiger partial charge in [0.15, 0.2) is 0 Å². The predicted octanol–water partition coefficient (Wildman–Crippen LogP) is 3.76. The van der Waals surface area contributed by atoms with Crippen LogP contribution >= 0.6 is 36.2 Å². The first kappa shape index (κ1) is 21.9. The second-order valence-electron chi connectivity index (χ2n) is 6.25. The Morgan fingerprint density at radius 3 is 2.92 bits per heavy atom. The summed E-state index contributed by atoms with van der Waals surface area (Å²) < 4.78 is 0. The Hall–Kier alpha value is -1.14. The highest BCUT2D eigenvalue weighted by atomic mass is 35.5. The average Bonchev–Trinajstić information content (AvgIpc) is 2.98. The SMILES string of the molecule is Cc1cccc(-c2nc(CC(=O)NC3CCCNC3C)cs2)c1.Cl.Cl. The minimum Gasteiger partial charge on any atom is -0.351 e. The number of rotatable bonds is 4. The summed E-state index contributed by atoms with van der Waals surface area (Å²) in [4.78, 5) is 16.9. The highest BCUT2D eigenvalue weighted by Gasteiger charge is 2.22. The summed E-state index contributed by atoms with van der Waals surface area (Å²) in [5, 5.41) is 9.50. The zero-order chi connectivity index (χ0) is 16.2. The number of aromatic nitrogens is 1. The third-order valence-electron chi connectivity index (χ3n) is 4.27. The van der Waals surface area contributed by atoms with Crippen LogP contribution in [0.3, 0.4) is 0 Å². The highest BCUT2D eigenvalue weighted by Crippen LogP contribution is 2.24. The molecule has 0 saturated carbocycles. The Labute approximate surface area is 165 Å². The van der Waals surface area contributed by atoms with E-state index in [-0.39, 0.29) is 36.8 Å². The maximum absolute atomic E-state index is 12.3. The summed E-state index contributed by atoms with van der Waals surface area (Å²) in [6, 6.07) is 8.86. The van der Waals surface area contributed by atoms with Crippen LogP contribution in [-0.2, 0) is 11.2 Å². The summed E-state index contributed by atoms with van der Waals surface area (Å²) in [7, 11) is 0. The number of hydrogen-bond donors (Lipinski definition) is 2. The van der Waals surface area contributed by atoms with E-state index < -0.39 is 0 Å². The quantitative estimate of drug-likeness (QED) is 0.819. The molecule has 1 aromatic carbocycles. The molecule has 1 aromatic heterocycles. The molecule has 4 nitrogen and oxygen atoms in total. The number of amides is 1. The van der Waals surface area contributed by atoms with Crippen molar-refractivity contribution >= 4 is 42.1 Å². The lowest BCUT2D eigenvalue weighted by atomic mass is 10.00. The number of benzene rings is 1. The fraction of sp³-hybridized carbons (Fsp3) is 0.444. The molecule has 1 aliphatic heterocycles. The molecule has 1 fully saturated rings. The largest absolute Gasteiger partial charge is 0.351 e. The maximum atomic E-state index is 12.3. The minimum atomic E-state index is 0. The summed E-state index contributed by atoms with van der Waals surface area (Å²) in [5.74, 6) is 0.0617. The van der Waals surface area contributed by atoms with Gasteiger partial charge in [0.25, 0.3) is 0 Å². The molecule has 138 valence electrons. The number of hydrogen-bond acceptors (Lipinski definition) is 4. The van der Waals surface area contributed by atoms with Crippen LogP contribution in [0.1, 0.15) is 31.0 Å². The first-order valence-electron chi connectivity index (χ1n) is 8.16. The molecule has 2 atom stereocenters. The second kappa shape index (κ2) is 10.1. The van der Waals surface area contributed by atoms with Gasteiger partial charge in [-0.3, -0.25) is 4.79 Å². The number of carbonyl (C=O) groups is 1. The average molecular weight is 402 g/mol. The lowest BCUT2D eigenvalue weighted by Crippen LogP contribution is -2.52. The van der Waals surface area contributed by atoms with Crippen molar-refractivity contribution in [3.8, 4) is 10.6 Å². The lowest BCUT2D eigenvalue weighted by Gasteiger charge is -2.30. The van der Waals surface area contributed by atoms with Gasteiger partial charge in [-0.05, 0) is 39.3 Å². The fourth-order valence-corrected chi connectivity index (χ4v) is 3.78. The third-order valence-corrected chi connectivity index (χ3v) is 5.21. The van der Waals surface area contributed by atoms with E-state index in [0.29, 0.717) is 12.5 Å². The van der Waals surface area contributed by atoms with Crippen molar-refractivity contribution in [3.05, 3.63) is 40.9 Å². The van der Waals surface area contributed by atoms with Crippen LogP contribution in [0.5, 0.6) is 0 Å². The van der Waals surface area contributed by atoms with Gasteiger partial charge in [-0.25, -0.2) is 4.98 Å². The van der Waals surface area contributed by atoms with Crippen LogP contribution < -0.4 is 10.6 Å². The van der Waals surface area contributed by atoms with Crippen molar-refractivity contribution in [3.63, 3.8) is 0 Å². The first-order valence-corrected chi connectivity index (χ1v) is 9.04. The monoisotopic (exact) mass is 401 g/mol. The molecule has 25 heavy (non-hydrogen) atoms. The van der Waals surface area contributed by atoms with Crippen molar-refractivity contribution in [2.75, 3.05) is 6.54 Å². The minimum absolute atomic E-state index is 0. The van der Waals surface area contributed by atoms with Gasteiger partial charge in [0.1, 0.15) is 5.01 Å². The smallest absolute Gasteiger partial charge is 0.226 e. The molecule has 2 N–H and O–H groups in total. The van der Waals surface area contributed by atoms with Gasteiger partial charge in [0.2, 0.25) is 5.91 Å². The molecule has 1 aliphatic rings. The van der Waals surface area contributed by atoms with Gasteiger partial charge in [-0.15, -0.1) is 36.2 Å². The molecule has 0 spiro atoms. The number of thiazole rings is 1. The van der Waals surface area contributed by atoms with Crippen LogP contribution in [0, 0.1) is 6.92 Å². The molecule has 0 radical (unpaired) electrons. The third kappa shape index (κ3) is 5.96. The van der Waals surface area contributed by atoms with Crippen molar-refractivity contribution in [2.24, 2.45) is 0 Å². The number of nitrogens with one attached hydrogen (secondary N) is 2. The number of piperidine rings is 1. The van der Waals surface area contributed by atoms with Crippen molar-refractivity contribution in [2.45, 2.75) is 45.2 Å². The fourth-order valence-electron chi connectivity index (χ4n) is 2.96. The molecule has 1 amide bonds. The van der Waals surface area contributed by atoms with E-state index in [9.17, 15) is 4.79 Å². The molecule has 2 unspecified atom stereocenters. The zero-order valence-corrected chi connectivity index (χ0v) is 16.9. The number of carbonyl (C=O) groups excluding carboxylic acids is 1. The predicted molar refractivity (Wildman–Crippen MR) is 109 cm³/mol. The summed E-state index contributed by atoms with van der Waals surface area (Å²) in [5.41, 5.74) is 3.18. The van der Waals surface area contributed by atoms with Crippen molar-refractivity contribution in [1.82, 2.24) is 15.6 Å². The van der Waals surface area contributed by atoms with E-state index in [1.54, 1.807) is 11.3 Å². The van der Waals surface area contributed by atoms with E-state index >= 15 is 0 Å². The van der Waals surface area contributed by atoms with Crippen LogP contribution in [-0.4, -0.2) is 29.5 Å². The summed E-state index contributed by atoms with van der Waals surface area (Å²) >= 11 is 1.60. The normalized spacial score (nSPS) is 19.4. The number of aryl methyl sites for hydroxylation is 1. The van der Waals surface area contributed by atoms with E-state index in [1.807, 2.05) is 11.4 Å². The molecule has 7 heteroatoms. The van der Waals surface area contributed by atoms with Gasteiger partial charge < -0.3 is 10.6 Å². The van der Waals surface area contributed by atoms with Gasteiger partial charge in [-0.2, -0.15) is 0 Å². The van der Waals surface area contributed by atoms with Crippen LogP contribution in [0.2, 0.25) is 0 Å². The van der Waals surface area contributed by atoms with E-state index in [0.717, 1.165) is 35.7 Å². The Balaban J connectivity index is 0.00000156. The molecular formula is C18H25Cl2N3OS. The molecule has 2 aromatic rings. The van der Waals surface area contributed by atoms with Gasteiger partial charge in [0, 0.05) is 23.0 Å². The Morgan fingerprint density at radius 2 is 2.20 bits per heavy atom. The molecular weight excluding hydrogens is 377 g/mol. The molecule has 2 heterocycles. The van der Waals surface area contributed by atoms with Crippen LogP contribution in [0.15, 0.2) is 29.6 Å². The lowest BCUT2D eigenvalue weighted by molar-refractivity contribution is -0.121. The van der Waals surface area contributed by atoms with Crippen LogP contribution in [0.25, 0.3) is 10.6 Å². The van der Waals surface area contributed by atoms with Gasteiger partial charge >= 0.3 is 0 Å². The topological polar surface area (TPSA) is 54.0 Å². The Morgan fingerprint density at radius 1 is 1.40 bits per heavy atom. The van der Waals surface area contributed by atoms with Crippen LogP contribution in [0.4, 0.5) is 0 Å². The number of nitrogens with zero attached hydrogens (tertiary/aromatic N) is 1. The molecule has 0 bridgehead atoms. The first-order chi connectivity index (χ1) is 11.1. The summed E-state index contributed by atoms with van der Waals surface area (Å²) in [6.07, 6.45) is 2.51. The molecule has 3 rings (SSSR count). The van der Waals surface area contributed by atoms with Gasteiger partial charge in [0.05, 0.1) is 12.1 Å². The van der Waals surface area contributed by atoms with Crippen molar-refractivity contribution < 1.29 is 4.79 Å². The molecule has 1 saturated heterocycles. The van der Waals surface area contributed by atoms with E-state index in [2.05, 4.69) is 47.7 Å². The second-order valence-corrected chi connectivity index (χ2v) is 7.11. The van der Waals surface area contributed by atoms with E-state index in [1.165, 1.54) is 5.56 Å². The Kier molecular flexibility index (Phi) is 8.86. The maximum Gasteiger partial charge on any atom is 0.226 e. The van der Waals surface area contributed by atoms with Crippen molar-refractivity contribution in [1.29, 1.82) is 0 Å². The highest BCUT2D eigenvalue weighted by molar-refractivity contribution is 7.13. The number of halogens is 2. The molecule has 0 aliphatic carbocycles. The summed E-state index contributed by atoms with van der Waals surface area (Å²) in [6.45, 7) is 5.24. The Bertz CT molecular complexity index is 692. The standard InChI is InChI=1S/C18H23N3OS.2ClH/c1-12-5-3-6-14(9-12)18-20-15(11-23-18)10-17(22)21-16-7-4-8-19-13(16)2;;/h3,5-6,9,11,13,16,19H,4,7-8,10H2,1-2H3,(H,21,22);2*1H.